The van der Waals surface area contributed by atoms with Crippen LogP contribution in [0.15, 0.2) is 24.3 Å². The van der Waals surface area contributed by atoms with E-state index in [0.29, 0.717) is 6.42 Å². The third kappa shape index (κ3) is 2.40. The quantitative estimate of drug-likeness (QED) is 0.766. The van der Waals surface area contributed by atoms with Gasteiger partial charge in [-0.3, -0.25) is 4.79 Å². The summed E-state index contributed by atoms with van der Waals surface area (Å²) in [6.45, 7) is 8.89. The van der Waals surface area contributed by atoms with Crippen molar-refractivity contribution < 1.29 is 4.79 Å². The van der Waals surface area contributed by atoms with Gasteiger partial charge >= 0.3 is 0 Å². The minimum atomic E-state index is 0.200. The minimum Gasteiger partial charge on any atom is -0.295 e. The number of rotatable bonds is 3. The number of carbonyl (C=O) groups is 1. The summed E-state index contributed by atoms with van der Waals surface area (Å²) < 4.78 is 0. The standard InChI is InChI=1S/C17H22O/c1-5-17(3,4)14-8-6-12(2)16(11-14)13-7-9-15(18)10-13/h6,8,10-11H,5,7,9H2,1-4H3. The normalized spacial score (nSPS) is 16.0. The van der Waals surface area contributed by atoms with E-state index in [0.717, 1.165) is 12.8 Å². The zero-order valence-corrected chi connectivity index (χ0v) is 11.8. The molecule has 0 atom stereocenters. The number of carbonyl (C=O) groups excluding carboxylic acids is 1. The van der Waals surface area contributed by atoms with Gasteiger partial charge in [-0.15, -0.1) is 0 Å². The van der Waals surface area contributed by atoms with Crippen molar-refractivity contribution in [2.45, 2.75) is 52.4 Å². The summed E-state index contributed by atoms with van der Waals surface area (Å²) in [5.41, 5.74) is 5.31. The summed E-state index contributed by atoms with van der Waals surface area (Å²) >= 11 is 0. The maximum atomic E-state index is 11.4. The molecule has 1 aromatic rings. The largest absolute Gasteiger partial charge is 0.295 e. The molecule has 96 valence electrons. The monoisotopic (exact) mass is 242 g/mol. The van der Waals surface area contributed by atoms with Gasteiger partial charge in [0.05, 0.1) is 0 Å². The molecule has 0 spiro atoms. The molecule has 0 aromatic heterocycles. The van der Waals surface area contributed by atoms with Gasteiger partial charge in [-0.25, -0.2) is 0 Å². The molecule has 0 bridgehead atoms. The summed E-state index contributed by atoms with van der Waals surface area (Å²) in [4.78, 5) is 11.4. The number of hydrogen-bond donors (Lipinski definition) is 0. The van der Waals surface area contributed by atoms with E-state index in [9.17, 15) is 4.79 Å². The van der Waals surface area contributed by atoms with Gasteiger partial charge in [0.25, 0.3) is 0 Å². The van der Waals surface area contributed by atoms with Crippen molar-refractivity contribution >= 4 is 11.4 Å². The molecule has 2 rings (SSSR count). The average Bonchev–Trinajstić information content (AvgIpc) is 2.76. The lowest BCUT2D eigenvalue weighted by Crippen LogP contribution is -2.15. The van der Waals surface area contributed by atoms with Crippen molar-refractivity contribution in [1.29, 1.82) is 0 Å². The van der Waals surface area contributed by atoms with Crippen molar-refractivity contribution in [3.8, 4) is 0 Å². The maximum absolute atomic E-state index is 11.4. The van der Waals surface area contributed by atoms with E-state index in [4.69, 9.17) is 0 Å². The van der Waals surface area contributed by atoms with Crippen molar-refractivity contribution in [1.82, 2.24) is 0 Å². The smallest absolute Gasteiger partial charge is 0.156 e. The molecular weight excluding hydrogens is 220 g/mol. The van der Waals surface area contributed by atoms with E-state index in [2.05, 4.69) is 45.9 Å². The highest BCUT2D eigenvalue weighted by molar-refractivity contribution is 6.01. The van der Waals surface area contributed by atoms with Crippen molar-refractivity contribution in [3.05, 3.63) is 41.0 Å². The van der Waals surface area contributed by atoms with E-state index in [1.165, 1.54) is 22.3 Å². The fourth-order valence-corrected chi connectivity index (χ4v) is 2.40. The lowest BCUT2D eigenvalue weighted by Gasteiger charge is -2.24. The molecular formula is C17H22O. The van der Waals surface area contributed by atoms with Crippen LogP contribution in [-0.2, 0) is 10.2 Å². The highest BCUT2D eigenvalue weighted by atomic mass is 16.1. The molecule has 0 unspecified atom stereocenters. The first-order chi connectivity index (χ1) is 8.44. The minimum absolute atomic E-state index is 0.200. The zero-order chi connectivity index (χ0) is 13.3. The number of benzene rings is 1. The van der Waals surface area contributed by atoms with Crippen LogP contribution in [-0.4, -0.2) is 5.78 Å². The van der Waals surface area contributed by atoms with E-state index in [1.54, 1.807) is 0 Å². The van der Waals surface area contributed by atoms with Crippen LogP contribution in [0.4, 0.5) is 0 Å². The Bertz CT molecular complexity index is 506. The molecule has 0 aliphatic heterocycles. The Hall–Kier alpha value is -1.37. The summed E-state index contributed by atoms with van der Waals surface area (Å²) in [7, 11) is 0. The van der Waals surface area contributed by atoms with Crippen LogP contribution < -0.4 is 0 Å². The van der Waals surface area contributed by atoms with Crippen LogP contribution in [0, 0.1) is 6.92 Å². The molecule has 0 radical (unpaired) electrons. The zero-order valence-electron chi connectivity index (χ0n) is 11.8. The SMILES string of the molecule is CCC(C)(C)c1ccc(C)c(C2=CC(=O)CC2)c1. The first kappa shape index (κ1) is 13.1. The Labute approximate surface area is 110 Å². The van der Waals surface area contributed by atoms with Gasteiger partial charge in [0.1, 0.15) is 0 Å². The van der Waals surface area contributed by atoms with Gasteiger partial charge in [0.15, 0.2) is 5.78 Å². The van der Waals surface area contributed by atoms with Crippen LogP contribution in [0.25, 0.3) is 5.57 Å². The van der Waals surface area contributed by atoms with Gasteiger partial charge in [-0.1, -0.05) is 39.0 Å². The van der Waals surface area contributed by atoms with Gasteiger partial charge in [-0.05, 0) is 53.5 Å². The Morgan fingerprint density at radius 1 is 1.22 bits per heavy atom. The Balaban J connectivity index is 2.45. The molecule has 0 fully saturated rings. The Kier molecular flexibility index (Phi) is 3.43. The predicted octanol–water partition coefficient (Wildman–Crippen LogP) is 4.43. The van der Waals surface area contributed by atoms with Crippen LogP contribution >= 0.6 is 0 Å². The number of allylic oxidation sites excluding steroid dienone is 2. The summed E-state index contributed by atoms with van der Waals surface area (Å²) in [5, 5.41) is 0. The Morgan fingerprint density at radius 3 is 2.50 bits per heavy atom. The summed E-state index contributed by atoms with van der Waals surface area (Å²) in [6, 6.07) is 6.69. The number of hydrogen-bond acceptors (Lipinski definition) is 1. The predicted molar refractivity (Wildman–Crippen MR) is 76.7 cm³/mol. The fourth-order valence-electron chi connectivity index (χ4n) is 2.40. The number of ketones is 1. The number of aryl methyl sites for hydroxylation is 1. The van der Waals surface area contributed by atoms with Crippen molar-refractivity contribution in [3.63, 3.8) is 0 Å². The maximum Gasteiger partial charge on any atom is 0.156 e. The molecule has 0 amide bonds. The second-order valence-corrected chi connectivity index (χ2v) is 5.90. The van der Waals surface area contributed by atoms with Crippen LogP contribution in [0.1, 0.15) is 56.7 Å². The molecule has 1 aliphatic rings. The summed E-state index contributed by atoms with van der Waals surface area (Å²) in [5.74, 6) is 0.268. The molecule has 1 nitrogen and oxygen atoms in total. The van der Waals surface area contributed by atoms with E-state index >= 15 is 0 Å². The van der Waals surface area contributed by atoms with Gasteiger partial charge in [-0.2, -0.15) is 0 Å². The van der Waals surface area contributed by atoms with Crippen LogP contribution in [0.3, 0.4) is 0 Å². The molecule has 0 saturated heterocycles. The second kappa shape index (κ2) is 4.72. The van der Waals surface area contributed by atoms with Crippen LogP contribution in [0.2, 0.25) is 0 Å². The molecule has 18 heavy (non-hydrogen) atoms. The van der Waals surface area contributed by atoms with E-state index < -0.39 is 0 Å². The first-order valence-corrected chi connectivity index (χ1v) is 6.79. The molecule has 0 N–H and O–H groups in total. The summed E-state index contributed by atoms with van der Waals surface area (Å²) in [6.07, 6.45) is 4.52. The molecule has 1 heteroatoms. The molecule has 1 aromatic carbocycles. The molecule has 0 saturated carbocycles. The molecule has 1 aliphatic carbocycles. The topological polar surface area (TPSA) is 17.1 Å². The average molecular weight is 242 g/mol. The van der Waals surface area contributed by atoms with Crippen molar-refractivity contribution in [2.75, 3.05) is 0 Å². The fraction of sp³-hybridized carbons (Fsp3) is 0.471. The second-order valence-electron chi connectivity index (χ2n) is 5.90. The van der Waals surface area contributed by atoms with Gasteiger partial charge in [0.2, 0.25) is 0 Å². The third-order valence-electron chi connectivity index (χ3n) is 4.22. The van der Waals surface area contributed by atoms with E-state index in [-0.39, 0.29) is 11.2 Å². The lowest BCUT2D eigenvalue weighted by atomic mass is 9.80. The lowest BCUT2D eigenvalue weighted by molar-refractivity contribution is -0.114. The third-order valence-corrected chi connectivity index (χ3v) is 4.22. The highest BCUT2D eigenvalue weighted by Gasteiger charge is 2.21. The van der Waals surface area contributed by atoms with E-state index in [1.807, 2.05) is 6.08 Å². The molecule has 0 heterocycles. The van der Waals surface area contributed by atoms with Gasteiger partial charge in [0, 0.05) is 6.42 Å². The highest BCUT2D eigenvalue weighted by Crippen LogP contribution is 2.33. The van der Waals surface area contributed by atoms with Crippen molar-refractivity contribution in [2.24, 2.45) is 0 Å². The van der Waals surface area contributed by atoms with Crippen LogP contribution in [0.5, 0.6) is 0 Å². The first-order valence-electron chi connectivity index (χ1n) is 6.79. The Morgan fingerprint density at radius 2 is 1.94 bits per heavy atom. The van der Waals surface area contributed by atoms with Gasteiger partial charge < -0.3 is 0 Å².